The number of amides is 1. The summed E-state index contributed by atoms with van der Waals surface area (Å²) in [6.45, 7) is 2.60. The van der Waals surface area contributed by atoms with E-state index in [2.05, 4.69) is 153 Å². The monoisotopic (exact) mass is 1130 g/mol. The summed E-state index contributed by atoms with van der Waals surface area (Å²) in [5.74, 6) is -0.281. The molecule has 2 fully saturated rings. The highest BCUT2D eigenvalue weighted by molar-refractivity contribution is 5.76. The van der Waals surface area contributed by atoms with Crippen molar-refractivity contribution in [3.8, 4) is 0 Å². The molecule has 0 aliphatic carbocycles. The Kier molecular flexibility index (Phi) is 45.4. The Labute approximate surface area is 487 Å². The van der Waals surface area contributed by atoms with Crippen LogP contribution in [0.15, 0.2) is 146 Å². The first-order valence-electron chi connectivity index (χ1n) is 30.6. The first-order valence-corrected chi connectivity index (χ1v) is 30.6. The zero-order valence-corrected chi connectivity index (χ0v) is 49.2. The Morgan fingerprint density at radius 2 is 0.852 bits per heavy atom. The number of rotatable bonds is 46. The maximum Gasteiger partial charge on any atom is 0.220 e. The lowest BCUT2D eigenvalue weighted by atomic mass is 9.97. The van der Waals surface area contributed by atoms with Gasteiger partial charge in [-0.25, -0.2) is 0 Å². The summed E-state index contributed by atoms with van der Waals surface area (Å²) in [6, 6.07) is -0.942. The summed E-state index contributed by atoms with van der Waals surface area (Å²) < 4.78 is 22.7. The van der Waals surface area contributed by atoms with E-state index in [1.54, 1.807) is 6.08 Å². The number of hydrogen-bond acceptors (Lipinski definition) is 13. The van der Waals surface area contributed by atoms with Crippen LogP contribution in [0.25, 0.3) is 0 Å². The van der Waals surface area contributed by atoms with Crippen LogP contribution in [-0.2, 0) is 23.7 Å². The van der Waals surface area contributed by atoms with E-state index in [9.17, 15) is 45.6 Å². The van der Waals surface area contributed by atoms with Gasteiger partial charge in [-0.1, -0.05) is 211 Å². The number of ether oxygens (including phenoxy) is 4. The van der Waals surface area contributed by atoms with Gasteiger partial charge < -0.3 is 65.1 Å². The summed E-state index contributed by atoms with van der Waals surface area (Å²) in [7, 11) is 0. The van der Waals surface area contributed by atoms with Gasteiger partial charge in [0.25, 0.3) is 0 Å². The molecule has 2 aliphatic rings. The topological polar surface area (TPSA) is 228 Å². The van der Waals surface area contributed by atoms with E-state index in [4.69, 9.17) is 18.9 Å². The maximum absolute atomic E-state index is 13.2. The molecule has 14 nitrogen and oxygen atoms in total. The summed E-state index contributed by atoms with van der Waals surface area (Å²) in [5.41, 5.74) is 0. The fourth-order valence-electron chi connectivity index (χ4n) is 8.88. The second kappa shape index (κ2) is 50.4. The number of hydrogen-bond donors (Lipinski definition) is 9. The van der Waals surface area contributed by atoms with Crippen LogP contribution in [0, 0.1) is 0 Å². The molecular formula is C67H107NO13. The van der Waals surface area contributed by atoms with Gasteiger partial charge in [0, 0.05) is 6.42 Å². The molecule has 14 heteroatoms. The minimum Gasteiger partial charge on any atom is -0.394 e. The smallest absolute Gasteiger partial charge is 0.220 e. The van der Waals surface area contributed by atoms with E-state index in [0.717, 1.165) is 116 Å². The average Bonchev–Trinajstić information content (AvgIpc) is 3.51. The Hall–Kier alpha value is -4.13. The highest BCUT2D eigenvalue weighted by Gasteiger charge is 2.51. The van der Waals surface area contributed by atoms with Crippen molar-refractivity contribution in [2.24, 2.45) is 0 Å². The predicted octanol–water partition coefficient (Wildman–Crippen LogP) is 10.9. The van der Waals surface area contributed by atoms with Crippen molar-refractivity contribution in [1.82, 2.24) is 5.32 Å². The molecule has 0 aromatic rings. The quantitative estimate of drug-likeness (QED) is 0.0204. The molecule has 0 aromatic heterocycles. The molecule has 81 heavy (non-hydrogen) atoms. The van der Waals surface area contributed by atoms with Gasteiger partial charge in [0.1, 0.15) is 48.8 Å². The van der Waals surface area contributed by atoms with Crippen LogP contribution in [-0.4, -0.2) is 140 Å². The molecule has 2 heterocycles. The molecule has 9 N–H and O–H groups in total. The third-order valence-corrected chi connectivity index (χ3v) is 13.8. The molecule has 0 bridgehead atoms. The van der Waals surface area contributed by atoms with Gasteiger partial charge in [0.2, 0.25) is 5.91 Å². The Morgan fingerprint density at radius 1 is 0.457 bits per heavy atom. The number of allylic oxidation sites excluding steroid dienone is 23. The molecule has 12 unspecified atom stereocenters. The average molecular weight is 1130 g/mol. The van der Waals surface area contributed by atoms with Crippen LogP contribution in [0.3, 0.4) is 0 Å². The molecule has 2 saturated heterocycles. The third kappa shape index (κ3) is 35.6. The second-order valence-corrected chi connectivity index (χ2v) is 20.7. The molecule has 2 aliphatic heterocycles. The third-order valence-electron chi connectivity index (χ3n) is 13.8. The number of aliphatic hydroxyl groups excluding tert-OH is 8. The number of unbranched alkanes of at least 4 members (excludes halogenated alkanes) is 11. The molecule has 0 aromatic carbocycles. The van der Waals surface area contributed by atoms with Crippen LogP contribution in [0.4, 0.5) is 0 Å². The minimum atomic E-state index is -1.80. The summed E-state index contributed by atoms with van der Waals surface area (Å²) in [4.78, 5) is 13.2. The Balaban J connectivity index is 1.67. The van der Waals surface area contributed by atoms with Crippen LogP contribution >= 0.6 is 0 Å². The zero-order valence-electron chi connectivity index (χ0n) is 49.2. The van der Waals surface area contributed by atoms with Gasteiger partial charge >= 0.3 is 0 Å². The molecule has 12 atom stereocenters. The van der Waals surface area contributed by atoms with Crippen molar-refractivity contribution in [3.63, 3.8) is 0 Å². The van der Waals surface area contributed by atoms with Crippen molar-refractivity contribution in [2.45, 2.75) is 248 Å². The van der Waals surface area contributed by atoms with Crippen LogP contribution < -0.4 is 5.32 Å². The highest BCUT2D eigenvalue weighted by atomic mass is 16.7. The lowest BCUT2D eigenvalue weighted by molar-refractivity contribution is -0.359. The molecule has 1 amide bonds. The van der Waals surface area contributed by atoms with Gasteiger partial charge in [0.15, 0.2) is 12.6 Å². The first kappa shape index (κ1) is 73.0. The van der Waals surface area contributed by atoms with Crippen molar-refractivity contribution in [1.29, 1.82) is 0 Å². The fourth-order valence-corrected chi connectivity index (χ4v) is 8.88. The fraction of sp³-hybridized carbons (Fsp3) is 0.627. The molecule has 0 radical (unpaired) electrons. The van der Waals surface area contributed by atoms with E-state index in [1.807, 2.05) is 6.08 Å². The summed E-state index contributed by atoms with van der Waals surface area (Å²) in [6.07, 6.45) is 59.1. The van der Waals surface area contributed by atoms with E-state index in [1.165, 1.54) is 32.1 Å². The van der Waals surface area contributed by atoms with Crippen LogP contribution in [0.1, 0.15) is 174 Å². The summed E-state index contributed by atoms with van der Waals surface area (Å²) >= 11 is 0. The molecular weight excluding hydrogens is 1030 g/mol. The molecule has 0 saturated carbocycles. The van der Waals surface area contributed by atoms with E-state index in [0.29, 0.717) is 6.42 Å². The van der Waals surface area contributed by atoms with E-state index < -0.39 is 86.8 Å². The number of carbonyl (C=O) groups is 1. The molecule has 458 valence electrons. The number of nitrogens with one attached hydrogen (secondary N) is 1. The highest BCUT2D eigenvalue weighted by Crippen LogP contribution is 2.30. The normalized spacial score (nSPS) is 25.2. The lowest BCUT2D eigenvalue weighted by Crippen LogP contribution is -2.65. The largest absolute Gasteiger partial charge is 0.394 e. The Bertz CT molecular complexity index is 1910. The maximum atomic E-state index is 13.2. The van der Waals surface area contributed by atoms with Crippen LogP contribution in [0.2, 0.25) is 0 Å². The first-order chi connectivity index (χ1) is 39.6. The Morgan fingerprint density at radius 3 is 1.31 bits per heavy atom. The molecule has 0 spiro atoms. The number of carbonyl (C=O) groups excluding carboxylic acids is 1. The van der Waals surface area contributed by atoms with E-state index in [-0.39, 0.29) is 18.9 Å². The standard InChI is InChI=1S/C67H107NO13/c1-3-5-7-9-11-13-15-16-17-18-19-20-21-22-23-24-25-26-27-28-29-30-31-32-33-34-35-36-37-38-39-40-41-43-45-47-49-51-59(72)68-55(56(71)50-48-46-44-42-14-12-10-8-6-4-2)54-78-66-64(77)62(75)65(58(53-70)80-66)81-67-63(76)61(74)60(73)57(52-69)79-67/h5,7,11,13,16-17,19-20,22-23,25-26,28-29,31-32,34-35,37-38,40-41,48,50,55-58,60-67,69-71,73-77H,3-4,6,8-10,12,14-15,18,21,24,27,30,33,36,39,42-47,49,51-54H2,1-2H3,(H,68,72)/b7-5-,13-11-,17-16-,20-19-,23-22-,26-25-,29-28-,32-31-,35-34-,38-37-,41-40-,50-48+. The zero-order chi connectivity index (χ0) is 58.8. The number of aliphatic hydroxyl groups is 8. The summed E-state index contributed by atoms with van der Waals surface area (Å²) in [5, 5.41) is 86.8. The van der Waals surface area contributed by atoms with Crippen molar-refractivity contribution >= 4 is 5.91 Å². The van der Waals surface area contributed by atoms with E-state index >= 15 is 0 Å². The predicted molar refractivity (Wildman–Crippen MR) is 327 cm³/mol. The molecule has 2 rings (SSSR count). The van der Waals surface area contributed by atoms with Gasteiger partial charge in [-0.15, -0.1) is 0 Å². The van der Waals surface area contributed by atoms with Crippen molar-refractivity contribution in [3.05, 3.63) is 146 Å². The van der Waals surface area contributed by atoms with Crippen molar-refractivity contribution < 1.29 is 64.6 Å². The lowest BCUT2D eigenvalue weighted by Gasteiger charge is -2.46. The van der Waals surface area contributed by atoms with Gasteiger partial charge in [0.05, 0.1) is 32.0 Å². The SMILES string of the molecule is CC/C=C\C/C=C\C/C=C\C/C=C\C/C=C\C/C=C\C/C=C\C/C=C\C/C=C\C/C=C\C/C=C\CCCCCC(=O)NC(COC1OC(CO)C(OC2OC(CO)C(O)C(O)C2O)C(O)C1O)C(O)/C=C/CCCCCCCCCC. The second-order valence-electron chi connectivity index (χ2n) is 20.7. The van der Waals surface area contributed by atoms with Crippen LogP contribution in [0.5, 0.6) is 0 Å². The van der Waals surface area contributed by atoms with Gasteiger partial charge in [-0.05, 0) is 103 Å². The van der Waals surface area contributed by atoms with Crippen molar-refractivity contribution in [2.75, 3.05) is 19.8 Å². The minimum absolute atomic E-state index is 0.231. The van der Waals surface area contributed by atoms with Gasteiger partial charge in [-0.2, -0.15) is 0 Å². The van der Waals surface area contributed by atoms with Gasteiger partial charge in [-0.3, -0.25) is 4.79 Å².